The second-order valence-electron chi connectivity index (χ2n) is 4.08. The molecule has 0 fully saturated rings. The van der Waals surface area contributed by atoms with Crippen molar-refractivity contribution >= 4 is 12.5 Å². The predicted molar refractivity (Wildman–Crippen MR) is 70.6 cm³/mol. The van der Waals surface area contributed by atoms with Crippen LogP contribution >= 0.6 is 0 Å². The van der Waals surface area contributed by atoms with Crippen molar-refractivity contribution in [2.75, 3.05) is 6.54 Å². The highest BCUT2D eigenvalue weighted by atomic mass is 19.4. The fourth-order valence-corrected chi connectivity index (χ4v) is 1.44. The maximum atomic E-state index is 12.2. The average Bonchev–Trinajstić information content (AvgIpc) is 2.42. The van der Waals surface area contributed by atoms with Crippen LogP contribution in [0.25, 0.3) is 0 Å². The molecule has 1 aromatic rings. The summed E-state index contributed by atoms with van der Waals surface area (Å²) in [6.07, 6.45) is -2.99. The molecule has 0 saturated carbocycles. The van der Waals surface area contributed by atoms with E-state index in [1.807, 2.05) is 0 Å². The lowest BCUT2D eigenvalue weighted by atomic mass is 10.2. The summed E-state index contributed by atoms with van der Waals surface area (Å²) in [6.45, 7) is -1.56. The van der Waals surface area contributed by atoms with E-state index in [2.05, 4.69) is 0 Å². The minimum atomic E-state index is -4.61. The fourth-order valence-electron chi connectivity index (χ4n) is 1.44. The predicted octanol–water partition coefficient (Wildman–Crippen LogP) is 1.20. The summed E-state index contributed by atoms with van der Waals surface area (Å²) in [4.78, 5) is 10.8. The fraction of sp³-hybridized carbons (Fsp3) is 0.231. The monoisotopic (exact) mass is 318 g/mol. The number of halogens is 3. The van der Waals surface area contributed by atoms with Crippen molar-refractivity contribution in [3.63, 3.8) is 0 Å². The van der Waals surface area contributed by atoms with Crippen LogP contribution in [0.1, 0.15) is 10.4 Å². The Morgan fingerprint density at radius 3 is 2.50 bits per heavy atom. The van der Waals surface area contributed by atoms with Crippen LogP contribution in [-0.4, -0.2) is 41.4 Å². The van der Waals surface area contributed by atoms with Crippen molar-refractivity contribution < 1.29 is 32.9 Å². The number of rotatable bonds is 7. The van der Waals surface area contributed by atoms with Gasteiger partial charge >= 0.3 is 12.1 Å². The smallest absolute Gasteiger partial charge is 0.405 e. The molecule has 22 heavy (non-hydrogen) atoms. The van der Waals surface area contributed by atoms with Gasteiger partial charge in [0.05, 0.1) is 5.56 Å². The van der Waals surface area contributed by atoms with Crippen LogP contribution in [0.5, 0.6) is 5.75 Å². The van der Waals surface area contributed by atoms with Crippen LogP contribution in [-0.2, 0) is 0 Å². The van der Waals surface area contributed by atoms with Gasteiger partial charge in [-0.25, -0.2) is 0 Å². The van der Waals surface area contributed by atoms with Crippen LogP contribution in [0.4, 0.5) is 13.2 Å². The molecule has 0 amide bonds. The van der Waals surface area contributed by atoms with Gasteiger partial charge in [-0.3, -0.25) is 4.79 Å². The number of ether oxygens (including phenoxy) is 1. The normalized spacial score (nSPS) is 12.7. The number of para-hydroxylation sites is 1. The molecule has 120 valence electrons. The Kier molecular flexibility index (Phi) is 5.66. The summed E-state index contributed by atoms with van der Waals surface area (Å²) in [5, 5.41) is 28.2. The zero-order valence-electron chi connectivity index (χ0n) is 11.1. The van der Waals surface area contributed by atoms with E-state index in [9.17, 15) is 28.2 Å². The molecule has 6 nitrogen and oxygen atoms in total. The molecule has 9 heteroatoms. The zero-order chi connectivity index (χ0) is 16.8. The summed E-state index contributed by atoms with van der Waals surface area (Å²) < 4.78 is 41.4. The molecule has 0 unspecified atom stereocenters. The van der Waals surface area contributed by atoms with Crippen molar-refractivity contribution in [3.05, 3.63) is 41.6 Å². The molecule has 1 rings (SSSR count). The Morgan fingerprint density at radius 1 is 1.32 bits per heavy atom. The number of carbonyl (C=O) groups is 1. The largest absolute Gasteiger partial charge is 0.434 e. The Bertz CT molecular complexity index is 571. The first-order valence-electron chi connectivity index (χ1n) is 5.89. The summed E-state index contributed by atoms with van der Waals surface area (Å²) in [5.41, 5.74) is -0.833. The van der Waals surface area contributed by atoms with E-state index in [4.69, 9.17) is 10.1 Å². The van der Waals surface area contributed by atoms with Gasteiger partial charge in [0.2, 0.25) is 0 Å². The molecule has 0 aliphatic carbocycles. The first kappa shape index (κ1) is 17.7. The lowest BCUT2D eigenvalue weighted by molar-refractivity contribution is -0.266. The first-order valence-corrected chi connectivity index (χ1v) is 5.89. The molecule has 0 spiro atoms. The van der Waals surface area contributed by atoms with Crippen molar-refractivity contribution in [1.82, 2.24) is 5.32 Å². The summed E-state index contributed by atoms with van der Waals surface area (Å²) in [7, 11) is 0. The van der Waals surface area contributed by atoms with Crippen molar-refractivity contribution in [2.45, 2.75) is 12.1 Å². The quantitative estimate of drug-likeness (QED) is 0.344. The molecule has 0 aliphatic heterocycles. The van der Waals surface area contributed by atoms with Gasteiger partial charge in [0, 0.05) is 6.21 Å². The molecular formula is C13H13F3N2O4. The summed E-state index contributed by atoms with van der Waals surface area (Å²) >= 11 is 0. The molecule has 0 radical (unpaired) electrons. The number of hydrogen-bond donors (Lipinski definition) is 4. The summed E-state index contributed by atoms with van der Waals surface area (Å²) in [5.74, 6) is -3.42. The zero-order valence-corrected chi connectivity index (χ0v) is 11.1. The molecule has 1 aromatic carbocycles. The van der Waals surface area contributed by atoms with E-state index in [0.29, 0.717) is 18.6 Å². The molecule has 0 aliphatic rings. The van der Waals surface area contributed by atoms with Gasteiger partial charge in [-0.2, -0.15) is 13.2 Å². The number of aliphatic hydroxyl groups is 2. The van der Waals surface area contributed by atoms with Gasteiger partial charge in [0.25, 0.3) is 0 Å². The van der Waals surface area contributed by atoms with Gasteiger partial charge in [0.1, 0.15) is 18.0 Å². The molecule has 0 atom stereocenters. The highest BCUT2D eigenvalue weighted by Crippen LogP contribution is 2.23. The average molecular weight is 318 g/mol. The van der Waals surface area contributed by atoms with Crippen LogP contribution in [0.15, 0.2) is 36.0 Å². The van der Waals surface area contributed by atoms with Gasteiger partial charge in [-0.05, 0) is 18.2 Å². The first-order chi connectivity index (χ1) is 10.2. The molecular weight excluding hydrogens is 305 g/mol. The maximum Gasteiger partial charge on any atom is 0.405 e. The maximum absolute atomic E-state index is 12.2. The third-order valence-electron chi connectivity index (χ3n) is 2.38. The van der Waals surface area contributed by atoms with Crippen LogP contribution in [0.2, 0.25) is 0 Å². The van der Waals surface area contributed by atoms with E-state index in [0.717, 1.165) is 0 Å². The van der Waals surface area contributed by atoms with E-state index in [-0.39, 0.29) is 11.3 Å². The van der Waals surface area contributed by atoms with Gasteiger partial charge < -0.3 is 25.7 Å². The van der Waals surface area contributed by atoms with E-state index >= 15 is 0 Å². The van der Waals surface area contributed by atoms with Crippen LogP contribution < -0.4 is 10.1 Å². The van der Waals surface area contributed by atoms with Crippen molar-refractivity contribution in [2.24, 2.45) is 0 Å². The van der Waals surface area contributed by atoms with Crippen LogP contribution in [0.3, 0.4) is 0 Å². The van der Waals surface area contributed by atoms with E-state index in [1.165, 1.54) is 24.3 Å². The number of alkyl halides is 3. The Balaban J connectivity index is 2.99. The minimum Gasteiger partial charge on any atom is -0.434 e. The lowest BCUT2D eigenvalue weighted by Gasteiger charge is -2.26. The van der Waals surface area contributed by atoms with Gasteiger partial charge in [0.15, 0.2) is 6.29 Å². The number of carbonyl (C=O) groups excluding carboxylic acids is 1. The standard InChI is InChI=1S/C13H13F3N2O4/c14-12(15,16)8-18-11(5-6-17)13(20,21)22-10-4-2-1-3-9(10)7-19/h1-7,17-18,20-21H,8H2/b11-5-,17-6?. The number of allylic oxidation sites excluding steroid dienone is 1. The van der Waals surface area contributed by atoms with E-state index < -0.39 is 24.4 Å². The van der Waals surface area contributed by atoms with E-state index in [1.54, 1.807) is 5.32 Å². The SMILES string of the molecule is N=C/C=C(\NCC(F)(F)F)C(O)(O)Oc1ccccc1C=O. The molecule has 0 bridgehead atoms. The second-order valence-corrected chi connectivity index (χ2v) is 4.08. The Labute approximate surface area is 123 Å². The van der Waals surface area contributed by atoms with Gasteiger partial charge in [-0.1, -0.05) is 12.1 Å². The highest BCUT2D eigenvalue weighted by Gasteiger charge is 2.36. The van der Waals surface area contributed by atoms with Crippen molar-refractivity contribution in [3.8, 4) is 5.75 Å². The minimum absolute atomic E-state index is 0.0278. The highest BCUT2D eigenvalue weighted by molar-refractivity contribution is 5.79. The topological polar surface area (TPSA) is 103 Å². The Hall–Kier alpha value is -2.39. The number of aldehydes is 1. The Morgan fingerprint density at radius 2 is 1.95 bits per heavy atom. The number of hydrogen-bond acceptors (Lipinski definition) is 6. The molecule has 0 aromatic heterocycles. The van der Waals surface area contributed by atoms with Crippen LogP contribution in [0, 0.1) is 5.41 Å². The third kappa shape index (κ3) is 5.19. The third-order valence-corrected chi connectivity index (χ3v) is 2.38. The number of nitrogens with one attached hydrogen (secondary N) is 2. The van der Waals surface area contributed by atoms with Crippen molar-refractivity contribution in [1.29, 1.82) is 5.41 Å². The van der Waals surface area contributed by atoms with Gasteiger partial charge in [-0.15, -0.1) is 0 Å². The molecule has 4 N–H and O–H groups in total. The second kappa shape index (κ2) is 7.05. The lowest BCUT2D eigenvalue weighted by Crippen LogP contribution is -2.45. The molecule has 0 saturated heterocycles. The number of benzene rings is 1. The molecule has 0 heterocycles. The summed E-state index contributed by atoms with van der Waals surface area (Å²) in [6, 6.07) is 5.48.